The first kappa shape index (κ1) is 20.9. The van der Waals surface area contributed by atoms with Crippen LogP contribution in [0.25, 0.3) is 16.4 Å². The molecule has 31 heavy (non-hydrogen) atoms. The molecule has 158 valence electrons. The Morgan fingerprint density at radius 2 is 1.77 bits per heavy atom. The van der Waals surface area contributed by atoms with Crippen molar-refractivity contribution in [2.24, 2.45) is 0 Å². The van der Waals surface area contributed by atoms with Gasteiger partial charge in [0.1, 0.15) is 15.6 Å². The molecule has 0 saturated heterocycles. The first-order valence-corrected chi connectivity index (χ1v) is 11.0. The molecule has 0 radical (unpaired) electrons. The minimum Gasteiger partial charge on any atom is -0.345 e. The summed E-state index contributed by atoms with van der Waals surface area (Å²) in [5.41, 5.74) is 6.73. The third-order valence-corrected chi connectivity index (χ3v) is 6.65. The van der Waals surface area contributed by atoms with E-state index >= 15 is 0 Å². The molecule has 7 heteroatoms. The van der Waals surface area contributed by atoms with Crippen LogP contribution >= 0.6 is 11.3 Å². The number of thiazole rings is 1. The predicted octanol–water partition coefficient (Wildman–Crippen LogP) is 5.12. The van der Waals surface area contributed by atoms with Gasteiger partial charge >= 0.3 is 0 Å². The molecule has 0 spiro atoms. The SMILES string of the molecule is Cc1ccc(-n2nnc(-c3nc(C)c(C(=O)N[C@H](C)c4ccccc4)s3)c2C)cc1C. The minimum absolute atomic E-state index is 0.0916. The monoisotopic (exact) mass is 431 g/mol. The van der Waals surface area contributed by atoms with E-state index in [-0.39, 0.29) is 11.9 Å². The average Bonchev–Trinajstić information content (AvgIpc) is 3.33. The fraction of sp³-hybridized carbons (Fsp3) is 0.250. The highest BCUT2D eigenvalue weighted by atomic mass is 32.1. The molecular weight excluding hydrogens is 406 g/mol. The van der Waals surface area contributed by atoms with Gasteiger partial charge in [-0.25, -0.2) is 9.67 Å². The molecule has 0 bridgehead atoms. The largest absolute Gasteiger partial charge is 0.345 e. The molecule has 1 atom stereocenters. The smallest absolute Gasteiger partial charge is 0.263 e. The van der Waals surface area contributed by atoms with E-state index in [1.54, 1.807) is 0 Å². The minimum atomic E-state index is -0.128. The summed E-state index contributed by atoms with van der Waals surface area (Å²) in [5.74, 6) is -0.128. The van der Waals surface area contributed by atoms with Crippen LogP contribution < -0.4 is 5.32 Å². The number of rotatable bonds is 5. The van der Waals surface area contributed by atoms with Gasteiger partial charge in [-0.1, -0.05) is 41.6 Å². The number of benzene rings is 2. The Labute approximate surface area is 186 Å². The normalized spacial score (nSPS) is 12.0. The van der Waals surface area contributed by atoms with Gasteiger partial charge in [-0.15, -0.1) is 16.4 Å². The summed E-state index contributed by atoms with van der Waals surface area (Å²) < 4.78 is 1.82. The van der Waals surface area contributed by atoms with E-state index in [1.807, 2.05) is 61.9 Å². The van der Waals surface area contributed by atoms with Crippen LogP contribution in [0.15, 0.2) is 48.5 Å². The lowest BCUT2D eigenvalue weighted by atomic mass is 10.1. The lowest BCUT2D eigenvalue weighted by Gasteiger charge is -2.13. The zero-order valence-electron chi connectivity index (χ0n) is 18.3. The number of hydrogen-bond donors (Lipinski definition) is 1. The van der Waals surface area contributed by atoms with Gasteiger partial charge in [0.25, 0.3) is 5.91 Å². The molecule has 0 saturated carbocycles. The van der Waals surface area contributed by atoms with E-state index in [0.29, 0.717) is 21.3 Å². The summed E-state index contributed by atoms with van der Waals surface area (Å²) in [6.07, 6.45) is 0. The van der Waals surface area contributed by atoms with Gasteiger partial charge < -0.3 is 5.32 Å². The molecule has 4 aromatic rings. The lowest BCUT2D eigenvalue weighted by Crippen LogP contribution is -2.26. The van der Waals surface area contributed by atoms with Gasteiger partial charge in [-0.3, -0.25) is 4.79 Å². The number of hydrogen-bond acceptors (Lipinski definition) is 5. The average molecular weight is 432 g/mol. The Kier molecular flexibility index (Phi) is 5.69. The van der Waals surface area contributed by atoms with E-state index in [2.05, 4.69) is 46.6 Å². The third kappa shape index (κ3) is 4.14. The molecule has 0 fully saturated rings. The fourth-order valence-corrected chi connectivity index (χ4v) is 4.43. The first-order chi connectivity index (χ1) is 14.8. The summed E-state index contributed by atoms with van der Waals surface area (Å²) in [5, 5.41) is 12.5. The van der Waals surface area contributed by atoms with Crippen molar-refractivity contribution in [3.63, 3.8) is 0 Å². The second-order valence-corrected chi connectivity index (χ2v) is 8.74. The molecule has 4 rings (SSSR count). The molecular formula is C24H25N5OS. The molecule has 1 N–H and O–H groups in total. The molecule has 0 aliphatic rings. The molecule has 1 amide bonds. The first-order valence-electron chi connectivity index (χ1n) is 10.2. The Morgan fingerprint density at radius 1 is 1.03 bits per heavy atom. The maximum absolute atomic E-state index is 12.9. The number of nitrogens with zero attached hydrogens (tertiary/aromatic N) is 4. The van der Waals surface area contributed by atoms with Gasteiger partial charge in [0.2, 0.25) is 0 Å². The maximum Gasteiger partial charge on any atom is 0.263 e. The molecule has 2 aromatic heterocycles. The quantitative estimate of drug-likeness (QED) is 0.476. The van der Waals surface area contributed by atoms with Crippen molar-refractivity contribution in [1.82, 2.24) is 25.3 Å². The second-order valence-electron chi connectivity index (χ2n) is 7.74. The van der Waals surface area contributed by atoms with Crippen LogP contribution in [-0.4, -0.2) is 25.9 Å². The number of nitrogens with one attached hydrogen (secondary N) is 1. The molecule has 0 aliphatic heterocycles. The Bertz CT molecular complexity index is 1240. The molecule has 6 nitrogen and oxygen atoms in total. The summed E-state index contributed by atoms with van der Waals surface area (Å²) in [4.78, 5) is 18.1. The highest BCUT2D eigenvalue weighted by Gasteiger charge is 2.22. The summed E-state index contributed by atoms with van der Waals surface area (Å²) in [6.45, 7) is 9.97. The summed E-state index contributed by atoms with van der Waals surface area (Å²) in [6, 6.07) is 16.0. The van der Waals surface area contributed by atoms with Crippen molar-refractivity contribution < 1.29 is 4.79 Å². The van der Waals surface area contributed by atoms with Crippen molar-refractivity contribution in [3.05, 3.63) is 81.5 Å². The molecule has 0 aliphatic carbocycles. The van der Waals surface area contributed by atoms with Crippen molar-refractivity contribution in [2.75, 3.05) is 0 Å². The number of aromatic nitrogens is 4. The van der Waals surface area contributed by atoms with Gasteiger partial charge in [-0.2, -0.15) is 0 Å². The zero-order valence-corrected chi connectivity index (χ0v) is 19.1. The molecule has 0 unspecified atom stereocenters. The van der Waals surface area contributed by atoms with Gasteiger partial charge in [0, 0.05) is 0 Å². The maximum atomic E-state index is 12.9. The summed E-state index contributed by atoms with van der Waals surface area (Å²) in [7, 11) is 0. The standard InChI is InChI=1S/C24H25N5OS/c1-14-11-12-20(13-15(14)2)29-18(5)21(27-28-29)24-26-17(4)22(31-24)23(30)25-16(3)19-9-7-6-8-10-19/h6-13,16H,1-5H3,(H,25,30)/t16-/m1/s1. The lowest BCUT2D eigenvalue weighted by molar-refractivity contribution is 0.0943. The number of aryl methyl sites for hydroxylation is 3. The van der Waals surface area contributed by atoms with Crippen LogP contribution in [-0.2, 0) is 0 Å². The van der Waals surface area contributed by atoms with E-state index in [1.165, 1.54) is 22.5 Å². The fourth-order valence-electron chi connectivity index (χ4n) is 3.42. The second kappa shape index (κ2) is 8.43. The van der Waals surface area contributed by atoms with Crippen molar-refractivity contribution in [1.29, 1.82) is 0 Å². The van der Waals surface area contributed by atoms with Crippen LogP contribution in [0.1, 0.15) is 50.7 Å². The Hall–Kier alpha value is -3.32. The van der Waals surface area contributed by atoms with Crippen molar-refractivity contribution >= 4 is 17.2 Å². The van der Waals surface area contributed by atoms with Crippen molar-refractivity contribution in [3.8, 4) is 16.4 Å². The van der Waals surface area contributed by atoms with Crippen molar-refractivity contribution in [2.45, 2.75) is 40.7 Å². The van der Waals surface area contributed by atoms with Crippen LogP contribution in [0, 0.1) is 27.7 Å². The zero-order chi connectivity index (χ0) is 22.1. The van der Waals surface area contributed by atoms with Crippen LogP contribution in [0.5, 0.6) is 0 Å². The summed E-state index contributed by atoms with van der Waals surface area (Å²) >= 11 is 1.35. The van der Waals surface area contributed by atoms with Gasteiger partial charge in [0.15, 0.2) is 0 Å². The van der Waals surface area contributed by atoms with E-state index < -0.39 is 0 Å². The van der Waals surface area contributed by atoms with E-state index in [0.717, 1.165) is 16.9 Å². The highest BCUT2D eigenvalue weighted by Crippen LogP contribution is 2.30. The predicted molar refractivity (Wildman–Crippen MR) is 124 cm³/mol. The molecule has 2 aromatic carbocycles. The van der Waals surface area contributed by atoms with E-state index in [9.17, 15) is 4.79 Å². The number of carbonyl (C=O) groups excluding carboxylic acids is 1. The van der Waals surface area contributed by atoms with Gasteiger partial charge in [0.05, 0.1) is 23.1 Å². The van der Waals surface area contributed by atoms with Crippen LogP contribution in [0.3, 0.4) is 0 Å². The Balaban J connectivity index is 1.60. The topological polar surface area (TPSA) is 72.7 Å². The third-order valence-electron chi connectivity index (χ3n) is 5.48. The Morgan fingerprint density at radius 3 is 2.48 bits per heavy atom. The van der Waals surface area contributed by atoms with Crippen LogP contribution in [0.2, 0.25) is 0 Å². The van der Waals surface area contributed by atoms with Gasteiger partial charge in [-0.05, 0) is 63.4 Å². The van der Waals surface area contributed by atoms with Crippen LogP contribution in [0.4, 0.5) is 0 Å². The number of amides is 1. The molecule has 2 heterocycles. The highest BCUT2D eigenvalue weighted by molar-refractivity contribution is 7.17. The number of carbonyl (C=O) groups is 1. The van der Waals surface area contributed by atoms with E-state index in [4.69, 9.17) is 0 Å².